The maximum Gasteiger partial charge on any atom is 0.306 e. The number of carbonyl (C=O) groups is 1. The van der Waals surface area contributed by atoms with Crippen molar-refractivity contribution in [2.45, 2.75) is 13.3 Å². The number of aliphatic carboxylic acids is 1. The van der Waals surface area contributed by atoms with Crippen molar-refractivity contribution in [3.05, 3.63) is 24.2 Å². The SMILES string of the molecule is C[C@H](Cc1ccco1)C(=O)O. The molecule has 0 bridgehead atoms. The molecule has 3 nitrogen and oxygen atoms in total. The minimum atomic E-state index is -0.790. The Kier molecular flexibility index (Phi) is 2.31. The van der Waals surface area contributed by atoms with Gasteiger partial charge in [-0.15, -0.1) is 0 Å². The Bertz CT molecular complexity index is 225. The van der Waals surface area contributed by atoms with Crippen molar-refractivity contribution >= 4 is 5.97 Å². The molecule has 11 heavy (non-hydrogen) atoms. The van der Waals surface area contributed by atoms with Gasteiger partial charge >= 0.3 is 5.97 Å². The fourth-order valence-corrected chi connectivity index (χ4v) is 0.818. The van der Waals surface area contributed by atoms with E-state index in [1.165, 1.54) is 0 Å². The van der Waals surface area contributed by atoms with Crippen LogP contribution in [-0.4, -0.2) is 11.1 Å². The molecule has 0 aliphatic rings. The van der Waals surface area contributed by atoms with Crippen LogP contribution in [0.5, 0.6) is 0 Å². The molecule has 0 fully saturated rings. The molecule has 3 heteroatoms. The molecule has 1 atom stereocenters. The summed E-state index contributed by atoms with van der Waals surface area (Å²) < 4.78 is 4.99. The maximum atomic E-state index is 10.4. The third kappa shape index (κ3) is 2.11. The van der Waals surface area contributed by atoms with E-state index >= 15 is 0 Å². The van der Waals surface area contributed by atoms with Crippen molar-refractivity contribution in [1.82, 2.24) is 0 Å². The molecule has 1 heterocycles. The molecule has 0 unspecified atom stereocenters. The summed E-state index contributed by atoms with van der Waals surface area (Å²) in [5.74, 6) is -0.442. The Balaban J connectivity index is 2.50. The van der Waals surface area contributed by atoms with Gasteiger partial charge in [-0.1, -0.05) is 6.92 Å². The average Bonchev–Trinajstić information content (AvgIpc) is 2.39. The van der Waals surface area contributed by atoms with Crippen molar-refractivity contribution in [2.75, 3.05) is 0 Å². The molecule has 0 aliphatic heterocycles. The molecular weight excluding hydrogens is 144 g/mol. The zero-order valence-electron chi connectivity index (χ0n) is 6.28. The Hall–Kier alpha value is -1.25. The summed E-state index contributed by atoms with van der Waals surface area (Å²) in [7, 11) is 0. The van der Waals surface area contributed by atoms with Gasteiger partial charge < -0.3 is 9.52 Å². The number of rotatable bonds is 3. The highest BCUT2D eigenvalue weighted by Crippen LogP contribution is 2.08. The van der Waals surface area contributed by atoms with Crippen LogP contribution in [0.25, 0.3) is 0 Å². The van der Waals surface area contributed by atoms with E-state index in [4.69, 9.17) is 9.52 Å². The molecule has 0 radical (unpaired) electrons. The van der Waals surface area contributed by atoms with Gasteiger partial charge in [0.25, 0.3) is 0 Å². The molecule has 60 valence electrons. The number of carboxylic acid groups (broad SMARTS) is 1. The summed E-state index contributed by atoms with van der Waals surface area (Å²) in [6, 6.07) is 3.53. The largest absolute Gasteiger partial charge is 0.481 e. The lowest BCUT2D eigenvalue weighted by atomic mass is 10.1. The second-order valence-corrected chi connectivity index (χ2v) is 2.52. The smallest absolute Gasteiger partial charge is 0.306 e. The standard InChI is InChI=1S/C8H10O3/c1-6(8(9)10)5-7-3-2-4-11-7/h2-4,6H,5H2,1H3,(H,9,10)/t6-/m1/s1. The van der Waals surface area contributed by atoms with Crippen LogP contribution in [0.1, 0.15) is 12.7 Å². The Morgan fingerprint density at radius 2 is 2.55 bits per heavy atom. The normalized spacial score (nSPS) is 12.8. The first-order chi connectivity index (χ1) is 5.20. The topological polar surface area (TPSA) is 50.4 Å². The van der Waals surface area contributed by atoms with Crippen LogP contribution in [0.3, 0.4) is 0 Å². The van der Waals surface area contributed by atoms with Gasteiger partial charge in [-0.05, 0) is 12.1 Å². The molecule has 0 saturated carbocycles. The van der Waals surface area contributed by atoms with Crippen LogP contribution < -0.4 is 0 Å². The van der Waals surface area contributed by atoms with Gasteiger partial charge in [-0.2, -0.15) is 0 Å². The molecule has 0 spiro atoms. The zero-order valence-corrected chi connectivity index (χ0v) is 6.28. The highest BCUT2D eigenvalue weighted by Gasteiger charge is 2.12. The molecule has 0 saturated heterocycles. The minimum Gasteiger partial charge on any atom is -0.481 e. The van der Waals surface area contributed by atoms with Crippen LogP contribution in [0.2, 0.25) is 0 Å². The van der Waals surface area contributed by atoms with Gasteiger partial charge in [-0.25, -0.2) is 0 Å². The quantitative estimate of drug-likeness (QED) is 0.718. The first kappa shape index (κ1) is 7.85. The van der Waals surface area contributed by atoms with Gasteiger partial charge in [0.05, 0.1) is 12.2 Å². The second kappa shape index (κ2) is 3.23. The zero-order chi connectivity index (χ0) is 8.27. The summed E-state index contributed by atoms with van der Waals surface area (Å²) in [6.07, 6.45) is 2.01. The molecular formula is C8H10O3. The molecule has 1 rings (SSSR count). The molecule has 1 aromatic rings. The lowest BCUT2D eigenvalue weighted by Gasteiger charge is -2.01. The molecule has 1 N–H and O–H groups in total. The molecule has 0 amide bonds. The maximum absolute atomic E-state index is 10.4. The van der Waals surface area contributed by atoms with Gasteiger partial charge in [0.15, 0.2) is 0 Å². The summed E-state index contributed by atoms with van der Waals surface area (Å²) in [5.41, 5.74) is 0. The van der Waals surface area contributed by atoms with Crippen LogP contribution in [0.15, 0.2) is 22.8 Å². The number of furan rings is 1. The van der Waals surface area contributed by atoms with E-state index in [9.17, 15) is 4.79 Å². The number of hydrogen-bond donors (Lipinski definition) is 1. The summed E-state index contributed by atoms with van der Waals surface area (Å²) in [5, 5.41) is 8.54. The van der Waals surface area contributed by atoms with Crippen LogP contribution >= 0.6 is 0 Å². The minimum absolute atomic E-state index is 0.374. The highest BCUT2D eigenvalue weighted by molar-refractivity contribution is 5.69. The van der Waals surface area contributed by atoms with E-state index < -0.39 is 5.97 Å². The number of carboxylic acids is 1. The fraction of sp³-hybridized carbons (Fsp3) is 0.375. The molecule has 1 aromatic heterocycles. The lowest BCUT2D eigenvalue weighted by Crippen LogP contribution is -2.11. The molecule has 0 aromatic carbocycles. The third-order valence-corrected chi connectivity index (χ3v) is 1.51. The third-order valence-electron chi connectivity index (χ3n) is 1.51. The first-order valence-electron chi connectivity index (χ1n) is 3.45. The predicted molar refractivity (Wildman–Crippen MR) is 39.2 cm³/mol. The van der Waals surface area contributed by atoms with Crippen LogP contribution in [0.4, 0.5) is 0 Å². The summed E-state index contributed by atoms with van der Waals surface area (Å²) in [4.78, 5) is 10.4. The van der Waals surface area contributed by atoms with Crippen LogP contribution in [-0.2, 0) is 11.2 Å². The van der Waals surface area contributed by atoms with E-state index in [0.29, 0.717) is 6.42 Å². The first-order valence-corrected chi connectivity index (χ1v) is 3.45. The fourth-order valence-electron chi connectivity index (χ4n) is 0.818. The van der Waals surface area contributed by atoms with Crippen molar-refractivity contribution in [1.29, 1.82) is 0 Å². The summed E-state index contributed by atoms with van der Waals surface area (Å²) in [6.45, 7) is 1.66. The van der Waals surface area contributed by atoms with E-state index in [2.05, 4.69) is 0 Å². The van der Waals surface area contributed by atoms with Crippen molar-refractivity contribution in [3.8, 4) is 0 Å². The van der Waals surface area contributed by atoms with E-state index in [0.717, 1.165) is 5.76 Å². The van der Waals surface area contributed by atoms with Gasteiger partial charge in [0.1, 0.15) is 5.76 Å². The van der Waals surface area contributed by atoms with Crippen molar-refractivity contribution in [2.24, 2.45) is 5.92 Å². The van der Waals surface area contributed by atoms with E-state index in [1.807, 2.05) is 0 Å². The second-order valence-electron chi connectivity index (χ2n) is 2.52. The van der Waals surface area contributed by atoms with E-state index in [1.54, 1.807) is 25.3 Å². The van der Waals surface area contributed by atoms with Gasteiger partial charge in [0, 0.05) is 6.42 Å². The average molecular weight is 154 g/mol. The predicted octanol–water partition coefficient (Wildman–Crippen LogP) is 1.54. The van der Waals surface area contributed by atoms with Crippen molar-refractivity contribution < 1.29 is 14.3 Å². The lowest BCUT2D eigenvalue weighted by molar-refractivity contribution is -0.141. The highest BCUT2D eigenvalue weighted by atomic mass is 16.4. The Morgan fingerprint density at radius 1 is 1.82 bits per heavy atom. The Morgan fingerprint density at radius 3 is 3.00 bits per heavy atom. The number of hydrogen-bond acceptors (Lipinski definition) is 2. The monoisotopic (exact) mass is 154 g/mol. The summed E-state index contributed by atoms with van der Waals surface area (Å²) >= 11 is 0. The van der Waals surface area contributed by atoms with Crippen molar-refractivity contribution in [3.63, 3.8) is 0 Å². The molecule has 0 aliphatic carbocycles. The van der Waals surface area contributed by atoms with E-state index in [-0.39, 0.29) is 5.92 Å². The van der Waals surface area contributed by atoms with Crippen LogP contribution in [0, 0.1) is 5.92 Å². The van der Waals surface area contributed by atoms with Gasteiger partial charge in [-0.3, -0.25) is 4.79 Å². The Labute approximate surface area is 64.6 Å². The van der Waals surface area contributed by atoms with Gasteiger partial charge in [0.2, 0.25) is 0 Å².